The van der Waals surface area contributed by atoms with Crippen LogP contribution in [0, 0.1) is 0 Å². The molecule has 0 unspecified atom stereocenters. The molecule has 0 aromatic heterocycles. The van der Waals surface area contributed by atoms with Gasteiger partial charge in [-0.2, -0.15) is 0 Å². The first-order chi connectivity index (χ1) is 9.22. The van der Waals surface area contributed by atoms with Gasteiger partial charge in [0.05, 0.1) is 5.41 Å². The average molecular weight is 257 g/mol. The van der Waals surface area contributed by atoms with Gasteiger partial charge >= 0.3 is 0 Å². The van der Waals surface area contributed by atoms with E-state index in [-0.39, 0.29) is 11.5 Å². The van der Waals surface area contributed by atoms with Crippen LogP contribution >= 0.6 is 0 Å². The monoisotopic (exact) mass is 257 g/mol. The summed E-state index contributed by atoms with van der Waals surface area (Å²) in [5, 5.41) is 10.1. The second kappa shape index (κ2) is 3.69. The van der Waals surface area contributed by atoms with Crippen LogP contribution in [-0.4, -0.2) is 29.7 Å². The maximum absolute atomic E-state index is 10.1. The van der Waals surface area contributed by atoms with Crippen molar-refractivity contribution in [1.82, 2.24) is 4.90 Å². The van der Waals surface area contributed by atoms with Crippen LogP contribution in [0.5, 0.6) is 11.5 Å². The topological polar surface area (TPSA) is 32.7 Å². The lowest BCUT2D eigenvalue weighted by molar-refractivity contribution is 0.111. The third-order valence-corrected chi connectivity index (χ3v) is 5.01. The molecule has 1 saturated carbocycles. The van der Waals surface area contributed by atoms with Crippen molar-refractivity contribution >= 4 is 0 Å². The van der Waals surface area contributed by atoms with Gasteiger partial charge in [-0.25, -0.2) is 0 Å². The van der Waals surface area contributed by atoms with Gasteiger partial charge in [0.15, 0.2) is 11.5 Å². The first-order valence-corrected chi connectivity index (χ1v) is 7.12. The molecule has 100 valence electrons. The lowest BCUT2D eigenvalue weighted by Gasteiger charge is -2.45. The minimum atomic E-state index is 0.0266. The number of hydrogen-bond acceptors (Lipinski definition) is 3. The third-order valence-electron chi connectivity index (χ3n) is 5.01. The Morgan fingerprint density at radius 1 is 1.42 bits per heavy atom. The lowest BCUT2D eigenvalue weighted by atomic mass is 9.62. The number of aromatic hydroxyl groups is 1. The van der Waals surface area contributed by atoms with E-state index >= 15 is 0 Å². The summed E-state index contributed by atoms with van der Waals surface area (Å²) in [7, 11) is 2.14. The van der Waals surface area contributed by atoms with Crippen LogP contribution < -0.4 is 4.74 Å². The molecule has 0 radical (unpaired) electrons. The largest absolute Gasteiger partial charge is 0.504 e. The molecule has 1 N–H and O–H groups in total. The summed E-state index contributed by atoms with van der Waals surface area (Å²) in [5.74, 6) is 1.02. The van der Waals surface area contributed by atoms with Crippen LogP contribution in [0.1, 0.15) is 31.2 Å². The standard InChI is InChI=1S/C16H19NO2/c1-17-9-8-16-11(10-17)4-2-7-14(16)19-15-12(16)5-3-6-13(15)18/h3,5-6,10,14,18H,2,4,7-9H2,1H3/t14-,16-/m1/s1. The van der Waals surface area contributed by atoms with E-state index in [9.17, 15) is 5.11 Å². The molecule has 0 amide bonds. The van der Waals surface area contributed by atoms with Crippen LogP contribution in [0.15, 0.2) is 30.0 Å². The fourth-order valence-electron chi connectivity index (χ4n) is 4.12. The number of benzene rings is 1. The average Bonchev–Trinajstić information content (AvgIpc) is 2.74. The summed E-state index contributed by atoms with van der Waals surface area (Å²) in [6.07, 6.45) is 7.04. The Balaban J connectivity index is 1.94. The van der Waals surface area contributed by atoms with E-state index in [0.717, 1.165) is 31.6 Å². The highest BCUT2D eigenvalue weighted by molar-refractivity contribution is 5.58. The number of ether oxygens (including phenoxy) is 1. The zero-order chi connectivity index (χ0) is 13.0. The minimum Gasteiger partial charge on any atom is -0.504 e. The Kier molecular flexibility index (Phi) is 2.17. The molecule has 2 heterocycles. The first kappa shape index (κ1) is 11.2. The molecule has 0 saturated heterocycles. The van der Waals surface area contributed by atoms with Crippen LogP contribution in [-0.2, 0) is 5.41 Å². The molecular weight excluding hydrogens is 238 g/mol. The zero-order valence-corrected chi connectivity index (χ0v) is 11.2. The van der Waals surface area contributed by atoms with E-state index in [1.807, 2.05) is 6.07 Å². The third kappa shape index (κ3) is 1.33. The first-order valence-electron chi connectivity index (χ1n) is 7.12. The molecule has 1 aromatic carbocycles. The molecule has 3 heteroatoms. The van der Waals surface area contributed by atoms with E-state index in [4.69, 9.17) is 4.74 Å². The van der Waals surface area contributed by atoms with Crippen LogP contribution in [0.4, 0.5) is 0 Å². The van der Waals surface area contributed by atoms with Crippen molar-refractivity contribution < 1.29 is 9.84 Å². The van der Waals surface area contributed by atoms with Gasteiger partial charge in [-0.1, -0.05) is 12.1 Å². The van der Waals surface area contributed by atoms with Gasteiger partial charge in [-0.15, -0.1) is 0 Å². The van der Waals surface area contributed by atoms with Gasteiger partial charge in [0.2, 0.25) is 0 Å². The molecule has 1 aromatic rings. The Hall–Kier alpha value is -1.64. The smallest absolute Gasteiger partial charge is 0.165 e. The van der Waals surface area contributed by atoms with Crippen molar-refractivity contribution in [3.63, 3.8) is 0 Å². The fourth-order valence-corrected chi connectivity index (χ4v) is 4.12. The summed E-state index contributed by atoms with van der Waals surface area (Å²) < 4.78 is 6.13. The number of para-hydroxylation sites is 1. The molecule has 19 heavy (non-hydrogen) atoms. The molecule has 0 bridgehead atoms. The molecule has 2 atom stereocenters. The van der Waals surface area contributed by atoms with Crippen LogP contribution in [0.2, 0.25) is 0 Å². The SMILES string of the molecule is CN1C=C2CCC[C@H]3Oc4c(O)cccc4[C@@]23CC1. The summed E-state index contributed by atoms with van der Waals surface area (Å²) in [6.45, 7) is 1.05. The van der Waals surface area contributed by atoms with Gasteiger partial charge in [-0.3, -0.25) is 0 Å². The van der Waals surface area contributed by atoms with Gasteiger partial charge in [0.25, 0.3) is 0 Å². The lowest BCUT2D eigenvalue weighted by Crippen LogP contribution is -2.47. The van der Waals surface area contributed by atoms with E-state index in [1.54, 1.807) is 6.07 Å². The number of rotatable bonds is 0. The minimum absolute atomic E-state index is 0.0266. The van der Waals surface area contributed by atoms with E-state index in [1.165, 1.54) is 17.6 Å². The molecule has 3 nitrogen and oxygen atoms in total. The quantitative estimate of drug-likeness (QED) is 0.775. The zero-order valence-electron chi connectivity index (χ0n) is 11.2. The summed E-state index contributed by atoms with van der Waals surface area (Å²) in [5.41, 5.74) is 2.72. The number of hydrogen-bond donors (Lipinski definition) is 1. The van der Waals surface area contributed by atoms with Crippen molar-refractivity contribution in [1.29, 1.82) is 0 Å². The summed E-state index contributed by atoms with van der Waals surface area (Å²) >= 11 is 0. The van der Waals surface area contributed by atoms with Crippen LogP contribution in [0.3, 0.4) is 0 Å². The number of phenolic OH excluding ortho intramolecular Hbond substituents is 1. The second-order valence-electron chi connectivity index (χ2n) is 6.01. The van der Waals surface area contributed by atoms with Gasteiger partial charge in [0.1, 0.15) is 6.10 Å². The van der Waals surface area contributed by atoms with E-state index < -0.39 is 0 Å². The highest BCUT2D eigenvalue weighted by atomic mass is 16.5. The normalized spacial score (nSPS) is 31.9. The van der Waals surface area contributed by atoms with Crippen molar-refractivity contribution in [2.75, 3.05) is 13.6 Å². The van der Waals surface area contributed by atoms with Gasteiger partial charge in [0, 0.05) is 19.2 Å². The maximum atomic E-state index is 10.1. The highest BCUT2D eigenvalue weighted by Crippen LogP contribution is 2.58. The van der Waals surface area contributed by atoms with Crippen molar-refractivity contribution in [2.45, 2.75) is 37.2 Å². The second-order valence-corrected chi connectivity index (χ2v) is 6.01. The predicted molar refractivity (Wildman–Crippen MR) is 73.4 cm³/mol. The number of fused-ring (bicyclic) bond motifs is 1. The molecular formula is C16H19NO2. The van der Waals surface area contributed by atoms with Crippen molar-refractivity contribution in [3.05, 3.63) is 35.5 Å². The fraction of sp³-hybridized carbons (Fsp3) is 0.500. The Labute approximate surface area is 113 Å². The number of phenols is 1. The van der Waals surface area contributed by atoms with E-state index in [2.05, 4.69) is 24.2 Å². The molecule has 2 aliphatic heterocycles. The molecule has 1 aliphatic carbocycles. The van der Waals surface area contributed by atoms with Crippen LogP contribution in [0.25, 0.3) is 0 Å². The van der Waals surface area contributed by atoms with Crippen molar-refractivity contribution in [3.8, 4) is 11.5 Å². The summed E-state index contributed by atoms with van der Waals surface area (Å²) in [6, 6.07) is 5.81. The molecule has 3 aliphatic rings. The molecule has 1 fully saturated rings. The predicted octanol–water partition coefficient (Wildman–Crippen LogP) is 2.79. The van der Waals surface area contributed by atoms with Crippen molar-refractivity contribution in [2.24, 2.45) is 0 Å². The number of nitrogens with zero attached hydrogens (tertiary/aromatic N) is 1. The van der Waals surface area contributed by atoms with Gasteiger partial charge < -0.3 is 14.7 Å². The molecule has 4 rings (SSSR count). The Morgan fingerprint density at radius 2 is 2.32 bits per heavy atom. The van der Waals surface area contributed by atoms with Gasteiger partial charge in [-0.05, 0) is 43.5 Å². The van der Waals surface area contributed by atoms with E-state index in [0.29, 0.717) is 5.75 Å². The highest BCUT2D eigenvalue weighted by Gasteiger charge is 2.54. The molecule has 1 spiro atoms. The maximum Gasteiger partial charge on any atom is 0.165 e. The summed E-state index contributed by atoms with van der Waals surface area (Å²) in [4.78, 5) is 2.28. The Bertz CT molecular complexity index is 566. The Morgan fingerprint density at radius 3 is 3.21 bits per heavy atom.